The number of thiazole rings is 1. The van der Waals surface area contributed by atoms with Crippen molar-refractivity contribution in [3.05, 3.63) is 77.3 Å². The first-order valence-electron chi connectivity index (χ1n) is 8.80. The summed E-state index contributed by atoms with van der Waals surface area (Å²) in [6.45, 7) is 1.01. The topological polar surface area (TPSA) is 51.0 Å². The number of benzene rings is 2. The second-order valence-electron chi connectivity index (χ2n) is 6.34. The molecule has 4 aromatic rings. The summed E-state index contributed by atoms with van der Waals surface area (Å²) in [5.74, 6) is -1.28. The minimum atomic E-state index is -0.520. The number of hydrogen-bond donors (Lipinski definition) is 0. The smallest absolute Gasteiger partial charge is 0.261 e. The van der Waals surface area contributed by atoms with E-state index in [1.54, 1.807) is 18.6 Å². The number of carbonyl (C=O) groups excluding carboxylic acids is 1. The van der Waals surface area contributed by atoms with Crippen LogP contribution in [0.4, 0.5) is 13.9 Å². The molecule has 0 radical (unpaired) electrons. The Morgan fingerprint density at radius 2 is 1.97 bits per heavy atom. The first kappa shape index (κ1) is 19.5. The predicted molar refractivity (Wildman–Crippen MR) is 110 cm³/mol. The zero-order chi connectivity index (χ0) is 20.4. The van der Waals surface area contributed by atoms with Crippen molar-refractivity contribution >= 4 is 44.2 Å². The van der Waals surface area contributed by atoms with Gasteiger partial charge in [0.1, 0.15) is 11.6 Å². The summed E-state index contributed by atoms with van der Waals surface area (Å²) in [6, 6.07) is 7.94. The van der Waals surface area contributed by atoms with Crippen LogP contribution in [0.25, 0.3) is 10.2 Å². The molecule has 2 aromatic carbocycles. The third kappa shape index (κ3) is 4.28. The molecule has 2 aromatic heterocycles. The van der Waals surface area contributed by atoms with Crippen molar-refractivity contribution in [2.24, 2.45) is 0 Å². The Hall–Kier alpha value is -2.84. The molecular formula is C20H15ClF2N4OS. The van der Waals surface area contributed by atoms with Gasteiger partial charge in [-0.2, -0.15) is 0 Å². The molecule has 0 saturated carbocycles. The van der Waals surface area contributed by atoms with Crippen molar-refractivity contribution < 1.29 is 13.6 Å². The molecular weight excluding hydrogens is 418 g/mol. The number of carbonyl (C=O) groups is 1. The van der Waals surface area contributed by atoms with Crippen molar-refractivity contribution in [1.29, 1.82) is 0 Å². The van der Waals surface area contributed by atoms with E-state index in [2.05, 4.69) is 9.97 Å². The number of imidazole rings is 1. The van der Waals surface area contributed by atoms with E-state index >= 15 is 0 Å². The zero-order valence-electron chi connectivity index (χ0n) is 15.1. The molecule has 29 heavy (non-hydrogen) atoms. The van der Waals surface area contributed by atoms with Crippen LogP contribution in [0.5, 0.6) is 0 Å². The van der Waals surface area contributed by atoms with Gasteiger partial charge in [0.2, 0.25) is 0 Å². The van der Waals surface area contributed by atoms with E-state index in [0.717, 1.165) is 6.07 Å². The Labute approximate surface area is 174 Å². The Morgan fingerprint density at radius 1 is 1.17 bits per heavy atom. The standard InChI is InChI=1S/C20H15ClF2N4OS/c21-16-10-13(22)2-4-15(16)19(28)27(8-1-7-26-9-6-24-12-26)20-25-17-5-3-14(23)11-18(17)29-20/h2-6,9-12H,1,7-8H2. The Kier molecular flexibility index (Phi) is 5.55. The molecule has 4 rings (SSSR count). The maximum atomic E-state index is 13.6. The molecule has 0 bridgehead atoms. The van der Waals surface area contributed by atoms with Gasteiger partial charge in [0.05, 0.1) is 27.1 Å². The Bertz CT molecular complexity index is 1160. The van der Waals surface area contributed by atoms with E-state index in [9.17, 15) is 13.6 Å². The van der Waals surface area contributed by atoms with Crippen LogP contribution in [0.15, 0.2) is 55.1 Å². The van der Waals surface area contributed by atoms with Crippen LogP contribution in [0.3, 0.4) is 0 Å². The summed E-state index contributed by atoms with van der Waals surface area (Å²) in [7, 11) is 0. The molecule has 0 aliphatic heterocycles. The number of amides is 1. The average molecular weight is 433 g/mol. The summed E-state index contributed by atoms with van der Waals surface area (Å²) in [5.41, 5.74) is 0.783. The largest absolute Gasteiger partial charge is 0.337 e. The van der Waals surface area contributed by atoms with Crippen molar-refractivity contribution in [3.63, 3.8) is 0 Å². The number of aromatic nitrogens is 3. The third-order valence-electron chi connectivity index (χ3n) is 4.33. The van der Waals surface area contributed by atoms with Crippen molar-refractivity contribution in [2.75, 3.05) is 11.4 Å². The maximum Gasteiger partial charge on any atom is 0.261 e. The molecule has 0 N–H and O–H groups in total. The van der Waals surface area contributed by atoms with Gasteiger partial charge in [-0.05, 0) is 42.8 Å². The molecule has 0 unspecified atom stereocenters. The predicted octanol–water partition coefficient (Wildman–Crippen LogP) is 5.16. The molecule has 0 aliphatic carbocycles. The number of anilines is 1. The monoisotopic (exact) mass is 432 g/mol. The molecule has 5 nitrogen and oxygen atoms in total. The van der Waals surface area contributed by atoms with Crippen LogP contribution < -0.4 is 4.90 Å². The highest BCUT2D eigenvalue weighted by atomic mass is 35.5. The molecule has 0 saturated heterocycles. The quantitative estimate of drug-likeness (QED) is 0.423. The van der Waals surface area contributed by atoms with E-state index in [-0.39, 0.29) is 22.3 Å². The summed E-state index contributed by atoms with van der Waals surface area (Å²) < 4.78 is 29.5. The Morgan fingerprint density at radius 3 is 2.72 bits per heavy atom. The first-order valence-corrected chi connectivity index (χ1v) is 9.99. The summed E-state index contributed by atoms with van der Waals surface area (Å²) >= 11 is 7.32. The lowest BCUT2D eigenvalue weighted by molar-refractivity contribution is 0.0986. The second kappa shape index (κ2) is 8.26. The van der Waals surface area contributed by atoms with E-state index in [4.69, 9.17) is 11.6 Å². The number of rotatable bonds is 6. The number of fused-ring (bicyclic) bond motifs is 1. The van der Waals surface area contributed by atoms with Gasteiger partial charge in [0.15, 0.2) is 5.13 Å². The van der Waals surface area contributed by atoms with E-state index in [1.165, 1.54) is 40.5 Å². The van der Waals surface area contributed by atoms with Crippen LogP contribution in [-0.4, -0.2) is 27.0 Å². The summed E-state index contributed by atoms with van der Waals surface area (Å²) in [5, 5.41) is 0.461. The molecule has 0 fully saturated rings. The van der Waals surface area contributed by atoms with Crippen LogP contribution in [0.1, 0.15) is 16.8 Å². The molecule has 0 aliphatic rings. The van der Waals surface area contributed by atoms with Gasteiger partial charge in [0, 0.05) is 25.5 Å². The van der Waals surface area contributed by atoms with Crippen molar-refractivity contribution in [1.82, 2.24) is 14.5 Å². The van der Waals surface area contributed by atoms with E-state index in [1.807, 2.05) is 10.8 Å². The van der Waals surface area contributed by atoms with Gasteiger partial charge in [0.25, 0.3) is 5.91 Å². The molecule has 148 valence electrons. The number of nitrogens with zero attached hydrogens (tertiary/aromatic N) is 4. The highest BCUT2D eigenvalue weighted by molar-refractivity contribution is 7.22. The molecule has 1 amide bonds. The summed E-state index contributed by atoms with van der Waals surface area (Å²) in [6.07, 6.45) is 5.85. The minimum absolute atomic E-state index is 0.0294. The van der Waals surface area contributed by atoms with Crippen LogP contribution in [0.2, 0.25) is 5.02 Å². The second-order valence-corrected chi connectivity index (χ2v) is 7.76. The molecule has 0 spiro atoms. The van der Waals surface area contributed by atoms with Crippen LogP contribution in [0, 0.1) is 11.6 Å². The van der Waals surface area contributed by atoms with Gasteiger partial charge in [-0.15, -0.1) is 0 Å². The first-order chi connectivity index (χ1) is 14.0. The normalized spacial score (nSPS) is 11.1. The SMILES string of the molecule is O=C(c1ccc(F)cc1Cl)N(CCCn1ccnc1)c1nc2ccc(F)cc2s1. The van der Waals surface area contributed by atoms with Crippen LogP contribution in [-0.2, 0) is 6.54 Å². The highest BCUT2D eigenvalue weighted by Crippen LogP contribution is 2.31. The number of halogens is 3. The van der Waals surface area contributed by atoms with Gasteiger partial charge < -0.3 is 4.57 Å². The van der Waals surface area contributed by atoms with Gasteiger partial charge in [-0.1, -0.05) is 22.9 Å². The zero-order valence-corrected chi connectivity index (χ0v) is 16.6. The minimum Gasteiger partial charge on any atom is -0.337 e. The lowest BCUT2D eigenvalue weighted by Gasteiger charge is -2.20. The fourth-order valence-corrected chi connectivity index (χ4v) is 4.19. The maximum absolute atomic E-state index is 13.6. The lowest BCUT2D eigenvalue weighted by Crippen LogP contribution is -2.32. The van der Waals surface area contributed by atoms with E-state index in [0.29, 0.717) is 34.9 Å². The summed E-state index contributed by atoms with van der Waals surface area (Å²) in [4.78, 5) is 23.2. The third-order valence-corrected chi connectivity index (χ3v) is 5.69. The fraction of sp³-hybridized carbons (Fsp3) is 0.150. The lowest BCUT2D eigenvalue weighted by atomic mass is 10.2. The average Bonchev–Trinajstić information content (AvgIpc) is 3.34. The van der Waals surface area contributed by atoms with Crippen molar-refractivity contribution in [2.45, 2.75) is 13.0 Å². The molecule has 2 heterocycles. The molecule has 0 atom stereocenters. The van der Waals surface area contributed by atoms with Crippen LogP contribution >= 0.6 is 22.9 Å². The number of hydrogen-bond acceptors (Lipinski definition) is 4. The molecule has 9 heteroatoms. The van der Waals surface area contributed by atoms with Crippen molar-refractivity contribution in [3.8, 4) is 0 Å². The van der Waals surface area contributed by atoms with Gasteiger partial charge >= 0.3 is 0 Å². The van der Waals surface area contributed by atoms with Gasteiger partial charge in [-0.25, -0.2) is 18.7 Å². The number of aryl methyl sites for hydroxylation is 1. The Balaban J connectivity index is 1.66. The fourth-order valence-electron chi connectivity index (χ4n) is 2.92. The van der Waals surface area contributed by atoms with Gasteiger partial charge in [-0.3, -0.25) is 9.69 Å². The highest BCUT2D eigenvalue weighted by Gasteiger charge is 2.23. The van der Waals surface area contributed by atoms with E-state index < -0.39 is 5.82 Å².